The van der Waals surface area contributed by atoms with Crippen LogP contribution in [0.15, 0.2) is 10.8 Å². The number of carbonyl (C=O) groups is 2. The SMILES string of the molecule is Cc1ocnc1C(=O)N(C)CC1CCN(C(=O)CC2CC3CC3C2)CC1. The standard InChI is InChI=1S/C20H29N3O3/c1-13-19(21-12-26-13)20(25)22(2)11-14-3-5-23(6-4-14)18(24)9-15-7-16-10-17(16)8-15/h12,14-17H,3-11H2,1-2H3. The molecule has 2 saturated carbocycles. The number of hydrogen-bond donors (Lipinski definition) is 0. The molecule has 1 saturated heterocycles. The largest absolute Gasteiger partial charge is 0.448 e. The van der Waals surface area contributed by atoms with Crippen LogP contribution in [0.25, 0.3) is 0 Å². The first-order chi connectivity index (χ1) is 12.5. The second kappa shape index (κ2) is 7.05. The fraction of sp³-hybridized carbons (Fsp3) is 0.750. The van der Waals surface area contributed by atoms with Gasteiger partial charge in [0.15, 0.2) is 12.1 Å². The van der Waals surface area contributed by atoms with Gasteiger partial charge in [0.1, 0.15) is 5.76 Å². The topological polar surface area (TPSA) is 66.7 Å². The maximum absolute atomic E-state index is 12.5. The van der Waals surface area contributed by atoms with E-state index in [1.54, 1.807) is 11.8 Å². The van der Waals surface area contributed by atoms with Crippen molar-refractivity contribution in [2.75, 3.05) is 26.7 Å². The molecular formula is C20H29N3O3. The number of aryl methyl sites for hydroxylation is 1. The lowest BCUT2D eigenvalue weighted by atomic mass is 9.94. The quantitative estimate of drug-likeness (QED) is 0.811. The molecule has 3 aliphatic rings. The Hall–Kier alpha value is -1.85. The van der Waals surface area contributed by atoms with E-state index in [9.17, 15) is 9.59 Å². The molecule has 2 aliphatic carbocycles. The van der Waals surface area contributed by atoms with Gasteiger partial charge < -0.3 is 14.2 Å². The lowest BCUT2D eigenvalue weighted by molar-refractivity contribution is -0.133. The molecule has 142 valence electrons. The summed E-state index contributed by atoms with van der Waals surface area (Å²) in [4.78, 5) is 32.8. The number of piperidine rings is 1. The Bertz CT molecular complexity index is 668. The van der Waals surface area contributed by atoms with Gasteiger partial charge in [0.05, 0.1) is 0 Å². The molecule has 2 heterocycles. The number of oxazole rings is 1. The molecule has 6 heteroatoms. The third kappa shape index (κ3) is 3.64. The minimum absolute atomic E-state index is 0.0884. The first-order valence-corrected chi connectivity index (χ1v) is 9.94. The molecule has 6 nitrogen and oxygen atoms in total. The van der Waals surface area contributed by atoms with E-state index >= 15 is 0 Å². The molecule has 1 aromatic heterocycles. The molecule has 2 unspecified atom stereocenters. The molecule has 0 bridgehead atoms. The lowest BCUT2D eigenvalue weighted by Gasteiger charge is -2.34. The summed E-state index contributed by atoms with van der Waals surface area (Å²) in [5.41, 5.74) is 0.398. The van der Waals surface area contributed by atoms with E-state index in [0.29, 0.717) is 35.7 Å². The lowest BCUT2D eigenvalue weighted by Crippen LogP contribution is -2.42. The van der Waals surface area contributed by atoms with Crippen molar-refractivity contribution < 1.29 is 14.0 Å². The van der Waals surface area contributed by atoms with Gasteiger partial charge in [-0.3, -0.25) is 9.59 Å². The fourth-order valence-electron chi connectivity index (χ4n) is 4.91. The van der Waals surface area contributed by atoms with E-state index in [0.717, 1.165) is 44.2 Å². The molecular weight excluding hydrogens is 330 g/mol. The van der Waals surface area contributed by atoms with Crippen molar-refractivity contribution in [1.29, 1.82) is 0 Å². The Morgan fingerprint density at radius 2 is 1.88 bits per heavy atom. The smallest absolute Gasteiger partial charge is 0.275 e. The number of likely N-dealkylation sites (tertiary alicyclic amines) is 1. The monoisotopic (exact) mass is 359 g/mol. The maximum Gasteiger partial charge on any atom is 0.275 e. The maximum atomic E-state index is 12.5. The number of nitrogens with zero attached hydrogens (tertiary/aromatic N) is 3. The van der Waals surface area contributed by atoms with Crippen molar-refractivity contribution in [2.45, 2.75) is 45.4 Å². The average Bonchev–Trinajstić information content (AvgIpc) is 3.02. The highest BCUT2D eigenvalue weighted by Gasteiger charge is 2.46. The van der Waals surface area contributed by atoms with Crippen LogP contribution in [0.3, 0.4) is 0 Å². The van der Waals surface area contributed by atoms with Gasteiger partial charge in [-0.05, 0) is 62.7 Å². The van der Waals surface area contributed by atoms with Crippen molar-refractivity contribution in [3.8, 4) is 0 Å². The van der Waals surface area contributed by atoms with Crippen LogP contribution in [0.5, 0.6) is 0 Å². The number of rotatable bonds is 5. The van der Waals surface area contributed by atoms with Crippen LogP contribution >= 0.6 is 0 Å². The van der Waals surface area contributed by atoms with Gasteiger partial charge in [-0.25, -0.2) is 4.98 Å². The molecule has 0 aromatic carbocycles. The van der Waals surface area contributed by atoms with Crippen molar-refractivity contribution in [3.63, 3.8) is 0 Å². The zero-order chi connectivity index (χ0) is 18.3. The average molecular weight is 359 g/mol. The predicted octanol–water partition coefficient (Wildman–Crippen LogP) is 2.73. The summed E-state index contributed by atoms with van der Waals surface area (Å²) in [7, 11) is 1.82. The molecule has 4 rings (SSSR count). The highest BCUT2D eigenvalue weighted by molar-refractivity contribution is 5.92. The van der Waals surface area contributed by atoms with Crippen molar-refractivity contribution in [2.24, 2.45) is 23.7 Å². The zero-order valence-electron chi connectivity index (χ0n) is 15.8. The van der Waals surface area contributed by atoms with Crippen LogP contribution in [0.2, 0.25) is 0 Å². The van der Waals surface area contributed by atoms with Crippen molar-refractivity contribution in [3.05, 3.63) is 17.8 Å². The van der Waals surface area contributed by atoms with Crippen molar-refractivity contribution >= 4 is 11.8 Å². The third-order valence-corrected chi connectivity index (χ3v) is 6.60. The van der Waals surface area contributed by atoms with Gasteiger partial charge >= 0.3 is 0 Å². The van der Waals surface area contributed by atoms with E-state index in [1.165, 1.54) is 25.7 Å². The van der Waals surface area contributed by atoms with E-state index in [2.05, 4.69) is 4.98 Å². The summed E-state index contributed by atoms with van der Waals surface area (Å²) in [6.07, 6.45) is 7.97. The summed E-state index contributed by atoms with van der Waals surface area (Å²) in [6.45, 7) is 4.12. The first-order valence-electron chi connectivity index (χ1n) is 9.94. The Morgan fingerprint density at radius 3 is 2.50 bits per heavy atom. The van der Waals surface area contributed by atoms with Gasteiger partial charge in [0.2, 0.25) is 5.91 Å². The fourth-order valence-corrected chi connectivity index (χ4v) is 4.91. The summed E-state index contributed by atoms with van der Waals surface area (Å²) >= 11 is 0. The van der Waals surface area contributed by atoms with Crippen LogP contribution in [-0.2, 0) is 4.79 Å². The van der Waals surface area contributed by atoms with Gasteiger partial charge in [-0.15, -0.1) is 0 Å². The second-order valence-electron chi connectivity index (χ2n) is 8.56. The van der Waals surface area contributed by atoms with Gasteiger partial charge in [0, 0.05) is 33.1 Å². The molecule has 0 radical (unpaired) electrons. The van der Waals surface area contributed by atoms with Gasteiger partial charge in [-0.2, -0.15) is 0 Å². The number of amides is 2. The Balaban J connectivity index is 1.21. The summed E-state index contributed by atoms with van der Waals surface area (Å²) < 4.78 is 5.13. The third-order valence-electron chi connectivity index (χ3n) is 6.60. The van der Waals surface area contributed by atoms with E-state index in [4.69, 9.17) is 4.42 Å². The van der Waals surface area contributed by atoms with Crippen molar-refractivity contribution in [1.82, 2.24) is 14.8 Å². The zero-order valence-corrected chi connectivity index (χ0v) is 15.8. The van der Waals surface area contributed by atoms with Crippen LogP contribution in [-0.4, -0.2) is 53.3 Å². The van der Waals surface area contributed by atoms with Gasteiger partial charge in [-0.1, -0.05) is 0 Å². The van der Waals surface area contributed by atoms with Crippen LogP contribution in [0.1, 0.15) is 54.8 Å². The first kappa shape index (κ1) is 17.6. The van der Waals surface area contributed by atoms with E-state index in [1.807, 2.05) is 11.9 Å². The molecule has 1 aromatic rings. The van der Waals surface area contributed by atoms with Crippen LogP contribution in [0, 0.1) is 30.6 Å². The predicted molar refractivity (Wildman–Crippen MR) is 96.4 cm³/mol. The molecule has 1 aliphatic heterocycles. The highest BCUT2D eigenvalue weighted by Crippen LogP contribution is 2.55. The second-order valence-corrected chi connectivity index (χ2v) is 8.56. The molecule has 2 amide bonds. The number of hydrogen-bond acceptors (Lipinski definition) is 4. The van der Waals surface area contributed by atoms with E-state index in [-0.39, 0.29) is 5.91 Å². The molecule has 3 fully saturated rings. The summed E-state index contributed by atoms with van der Waals surface area (Å²) in [5, 5.41) is 0. The molecule has 0 spiro atoms. The minimum Gasteiger partial charge on any atom is -0.448 e. The summed E-state index contributed by atoms with van der Waals surface area (Å²) in [5.74, 6) is 3.79. The van der Waals surface area contributed by atoms with Gasteiger partial charge in [0.25, 0.3) is 5.91 Å². The van der Waals surface area contributed by atoms with E-state index < -0.39 is 0 Å². The normalized spacial score (nSPS) is 28.1. The Kier molecular flexibility index (Phi) is 4.76. The Morgan fingerprint density at radius 1 is 1.19 bits per heavy atom. The molecule has 26 heavy (non-hydrogen) atoms. The Labute approximate surface area is 154 Å². The van der Waals surface area contributed by atoms with Crippen LogP contribution in [0.4, 0.5) is 0 Å². The number of carbonyl (C=O) groups excluding carboxylic acids is 2. The molecule has 2 atom stereocenters. The number of aromatic nitrogens is 1. The minimum atomic E-state index is -0.0884. The number of fused-ring (bicyclic) bond motifs is 1. The molecule has 0 N–H and O–H groups in total. The highest BCUT2D eigenvalue weighted by atomic mass is 16.3. The summed E-state index contributed by atoms with van der Waals surface area (Å²) in [6, 6.07) is 0. The van der Waals surface area contributed by atoms with Crippen LogP contribution < -0.4 is 0 Å².